The van der Waals surface area contributed by atoms with Crippen molar-refractivity contribution in [3.8, 4) is 5.88 Å². The summed E-state index contributed by atoms with van der Waals surface area (Å²) in [7, 11) is 1.41. The van der Waals surface area contributed by atoms with E-state index in [4.69, 9.17) is 10.5 Å². The summed E-state index contributed by atoms with van der Waals surface area (Å²) in [5.41, 5.74) is 5.39. The molecule has 0 aliphatic rings. The van der Waals surface area contributed by atoms with Crippen molar-refractivity contribution >= 4 is 5.69 Å². The average molecular weight is 188 g/mol. The lowest BCUT2D eigenvalue weighted by Gasteiger charge is -2.09. The topological polar surface area (TPSA) is 48.1 Å². The Morgan fingerprint density at radius 1 is 1.54 bits per heavy atom. The van der Waals surface area contributed by atoms with Crippen molar-refractivity contribution in [2.75, 3.05) is 12.8 Å². The lowest BCUT2D eigenvalue weighted by Crippen LogP contribution is -2.02. The first-order valence-corrected chi connectivity index (χ1v) is 3.65. The van der Waals surface area contributed by atoms with E-state index < -0.39 is 6.43 Å². The van der Waals surface area contributed by atoms with Gasteiger partial charge in [-0.3, -0.25) is 0 Å². The van der Waals surface area contributed by atoms with Gasteiger partial charge in [0.05, 0.1) is 18.4 Å². The van der Waals surface area contributed by atoms with E-state index in [-0.39, 0.29) is 22.8 Å². The number of alkyl halides is 2. The molecule has 0 bridgehead atoms. The van der Waals surface area contributed by atoms with Crippen LogP contribution in [0, 0.1) is 6.92 Å². The zero-order valence-electron chi connectivity index (χ0n) is 7.34. The van der Waals surface area contributed by atoms with Gasteiger partial charge in [-0.2, -0.15) is 0 Å². The second kappa shape index (κ2) is 3.55. The molecule has 0 aliphatic carbocycles. The average Bonchev–Trinajstić information content (AvgIpc) is 2.02. The highest BCUT2D eigenvalue weighted by atomic mass is 19.3. The number of halogens is 2. The molecule has 0 amide bonds. The number of hydrogen-bond donors (Lipinski definition) is 1. The van der Waals surface area contributed by atoms with Crippen molar-refractivity contribution in [1.29, 1.82) is 0 Å². The van der Waals surface area contributed by atoms with Crippen LogP contribution in [0.4, 0.5) is 14.5 Å². The standard InChI is InChI=1S/C8H10F2N2O/c1-4-7(8(9)10)5(11)3-6(12-4)13-2/h3,8H,1-2H3,(H2,11,12). The number of pyridine rings is 1. The first-order chi connectivity index (χ1) is 6.06. The Labute approximate surface area is 74.5 Å². The van der Waals surface area contributed by atoms with Gasteiger partial charge in [0.15, 0.2) is 0 Å². The van der Waals surface area contributed by atoms with E-state index in [1.807, 2.05) is 0 Å². The highest BCUT2D eigenvalue weighted by Gasteiger charge is 2.16. The molecule has 3 nitrogen and oxygen atoms in total. The number of nitrogen functional groups attached to an aromatic ring is 1. The Morgan fingerprint density at radius 3 is 2.54 bits per heavy atom. The molecule has 1 aromatic heterocycles. The maximum absolute atomic E-state index is 12.4. The summed E-state index contributed by atoms with van der Waals surface area (Å²) in [4.78, 5) is 3.79. The fraction of sp³-hybridized carbons (Fsp3) is 0.375. The van der Waals surface area contributed by atoms with Gasteiger partial charge in [0.25, 0.3) is 6.43 Å². The van der Waals surface area contributed by atoms with Crippen LogP contribution in [0.15, 0.2) is 6.07 Å². The number of nitrogens with two attached hydrogens (primary N) is 1. The molecule has 0 radical (unpaired) electrons. The number of methoxy groups -OCH3 is 1. The Bertz CT molecular complexity index is 292. The van der Waals surface area contributed by atoms with Crippen LogP contribution in [0.2, 0.25) is 0 Å². The number of hydrogen-bond acceptors (Lipinski definition) is 3. The van der Waals surface area contributed by atoms with Gasteiger partial charge < -0.3 is 10.5 Å². The number of aryl methyl sites for hydroxylation is 1. The van der Waals surface area contributed by atoms with Crippen LogP contribution in [0.5, 0.6) is 5.88 Å². The predicted octanol–water partition coefficient (Wildman–Crippen LogP) is 1.92. The smallest absolute Gasteiger partial charge is 0.267 e. The molecule has 0 saturated carbocycles. The maximum Gasteiger partial charge on any atom is 0.267 e. The number of aromatic nitrogens is 1. The molecule has 0 spiro atoms. The molecular formula is C8H10F2N2O. The van der Waals surface area contributed by atoms with Crippen molar-refractivity contribution in [2.45, 2.75) is 13.3 Å². The predicted molar refractivity (Wildman–Crippen MR) is 44.9 cm³/mol. The second-order valence-corrected chi connectivity index (χ2v) is 2.55. The van der Waals surface area contributed by atoms with Crippen LogP contribution in [0.3, 0.4) is 0 Å². The summed E-state index contributed by atoms with van der Waals surface area (Å²) < 4.78 is 29.5. The van der Waals surface area contributed by atoms with Crippen molar-refractivity contribution in [3.05, 3.63) is 17.3 Å². The molecule has 1 heterocycles. The third-order valence-electron chi connectivity index (χ3n) is 1.69. The van der Waals surface area contributed by atoms with Crippen molar-refractivity contribution < 1.29 is 13.5 Å². The van der Waals surface area contributed by atoms with Crippen LogP contribution in [-0.4, -0.2) is 12.1 Å². The molecule has 0 aliphatic heterocycles. The minimum Gasteiger partial charge on any atom is -0.481 e. The monoisotopic (exact) mass is 188 g/mol. The molecule has 1 rings (SSSR count). The fourth-order valence-electron chi connectivity index (χ4n) is 1.07. The Hall–Kier alpha value is -1.39. The van der Waals surface area contributed by atoms with Crippen molar-refractivity contribution in [1.82, 2.24) is 4.98 Å². The molecule has 0 saturated heterocycles. The quantitative estimate of drug-likeness (QED) is 0.771. The maximum atomic E-state index is 12.4. The molecule has 13 heavy (non-hydrogen) atoms. The van der Waals surface area contributed by atoms with Gasteiger partial charge in [0.2, 0.25) is 5.88 Å². The van der Waals surface area contributed by atoms with E-state index in [1.165, 1.54) is 20.1 Å². The van der Waals surface area contributed by atoms with Gasteiger partial charge in [-0.25, -0.2) is 13.8 Å². The summed E-state index contributed by atoms with van der Waals surface area (Å²) >= 11 is 0. The van der Waals surface area contributed by atoms with Crippen molar-refractivity contribution in [2.24, 2.45) is 0 Å². The highest BCUT2D eigenvalue weighted by molar-refractivity contribution is 5.51. The number of nitrogens with zero attached hydrogens (tertiary/aromatic N) is 1. The Balaban J connectivity index is 3.23. The minimum absolute atomic E-state index is 0.0133. The second-order valence-electron chi connectivity index (χ2n) is 2.55. The van der Waals surface area contributed by atoms with Gasteiger partial charge >= 0.3 is 0 Å². The minimum atomic E-state index is -2.60. The zero-order valence-corrected chi connectivity index (χ0v) is 7.34. The molecule has 0 fully saturated rings. The van der Waals surface area contributed by atoms with Gasteiger partial charge in [-0.15, -0.1) is 0 Å². The van der Waals surface area contributed by atoms with E-state index in [2.05, 4.69) is 4.98 Å². The molecule has 5 heteroatoms. The molecule has 0 atom stereocenters. The first-order valence-electron chi connectivity index (χ1n) is 3.65. The van der Waals surface area contributed by atoms with Crippen LogP contribution in [0.1, 0.15) is 17.7 Å². The summed E-state index contributed by atoms with van der Waals surface area (Å²) in [6, 6.07) is 1.29. The van der Waals surface area contributed by atoms with E-state index >= 15 is 0 Å². The van der Waals surface area contributed by atoms with Crippen LogP contribution in [0.25, 0.3) is 0 Å². The van der Waals surface area contributed by atoms with Crippen LogP contribution < -0.4 is 10.5 Å². The summed E-state index contributed by atoms with van der Waals surface area (Å²) in [6.45, 7) is 1.47. The normalized spacial score (nSPS) is 10.5. The molecule has 2 N–H and O–H groups in total. The SMILES string of the molecule is COc1cc(N)c(C(F)F)c(C)n1. The highest BCUT2D eigenvalue weighted by Crippen LogP contribution is 2.29. The zero-order chi connectivity index (χ0) is 10.0. The van der Waals surface area contributed by atoms with E-state index in [0.717, 1.165) is 0 Å². The van der Waals surface area contributed by atoms with Gasteiger partial charge in [0.1, 0.15) is 0 Å². The van der Waals surface area contributed by atoms with Gasteiger partial charge in [-0.05, 0) is 6.92 Å². The largest absolute Gasteiger partial charge is 0.481 e. The molecule has 72 valence electrons. The lowest BCUT2D eigenvalue weighted by atomic mass is 10.2. The van der Waals surface area contributed by atoms with Gasteiger partial charge in [0, 0.05) is 11.8 Å². The van der Waals surface area contributed by atoms with Crippen LogP contribution >= 0.6 is 0 Å². The summed E-state index contributed by atoms with van der Waals surface area (Å²) in [6.07, 6.45) is -2.60. The summed E-state index contributed by atoms with van der Waals surface area (Å²) in [5, 5.41) is 0. The molecular weight excluding hydrogens is 178 g/mol. The van der Waals surface area contributed by atoms with E-state index in [9.17, 15) is 8.78 Å². The molecule has 0 aromatic carbocycles. The molecule has 0 unspecified atom stereocenters. The number of ether oxygens (including phenoxy) is 1. The first kappa shape index (κ1) is 9.70. The Morgan fingerprint density at radius 2 is 2.15 bits per heavy atom. The fourth-order valence-corrected chi connectivity index (χ4v) is 1.07. The van der Waals surface area contributed by atoms with Crippen molar-refractivity contribution in [3.63, 3.8) is 0 Å². The number of anilines is 1. The third-order valence-corrected chi connectivity index (χ3v) is 1.69. The van der Waals surface area contributed by atoms with Crippen LogP contribution in [-0.2, 0) is 0 Å². The molecule has 1 aromatic rings. The third kappa shape index (κ3) is 1.85. The van der Waals surface area contributed by atoms with E-state index in [0.29, 0.717) is 0 Å². The van der Waals surface area contributed by atoms with E-state index in [1.54, 1.807) is 0 Å². The number of rotatable bonds is 2. The Kier molecular flexibility index (Phi) is 2.65. The summed E-state index contributed by atoms with van der Waals surface area (Å²) in [5.74, 6) is 0.249. The lowest BCUT2D eigenvalue weighted by molar-refractivity contribution is 0.151. The van der Waals surface area contributed by atoms with Gasteiger partial charge in [-0.1, -0.05) is 0 Å².